The third-order valence-corrected chi connectivity index (χ3v) is 4.60. The van der Waals surface area contributed by atoms with E-state index in [0.29, 0.717) is 17.9 Å². The lowest BCUT2D eigenvalue weighted by Gasteiger charge is -2.40. The molecule has 1 aromatic carbocycles. The number of esters is 1. The predicted octanol–water partition coefficient (Wildman–Crippen LogP) is 2.78. The fourth-order valence-corrected chi connectivity index (χ4v) is 3.61. The number of anilines is 2. The highest BCUT2D eigenvalue weighted by Gasteiger charge is 2.30. The third kappa shape index (κ3) is 3.20. The van der Waals surface area contributed by atoms with Crippen molar-refractivity contribution in [1.29, 1.82) is 0 Å². The highest BCUT2D eigenvalue weighted by molar-refractivity contribution is 8.00. The minimum absolute atomic E-state index is 0.159. The van der Waals surface area contributed by atoms with Crippen LogP contribution in [0.5, 0.6) is 0 Å². The van der Waals surface area contributed by atoms with Crippen LogP contribution in [0, 0.1) is 0 Å². The zero-order valence-corrected chi connectivity index (χ0v) is 13.1. The first-order chi connectivity index (χ1) is 9.44. The predicted molar refractivity (Wildman–Crippen MR) is 85.6 cm³/mol. The summed E-state index contributed by atoms with van der Waals surface area (Å²) in [5.41, 5.74) is 8.14. The van der Waals surface area contributed by atoms with Gasteiger partial charge in [-0.3, -0.25) is 0 Å². The second kappa shape index (κ2) is 5.95. The molecule has 0 saturated carbocycles. The van der Waals surface area contributed by atoms with Crippen molar-refractivity contribution in [1.82, 2.24) is 0 Å². The van der Waals surface area contributed by atoms with Gasteiger partial charge in [-0.25, -0.2) is 4.79 Å². The zero-order chi connectivity index (χ0) is 14.8. The van der Waals surface area contributed by atoms with Crippen molar-refractivity contribution in [2.45, 2.75) is 25.5 Å². The maximum Gasteiger partial charge on any atom is 0.340 e. The minimum Gasteiger partial charge on any atom is -0.462 e. The van der Waals surface area contributed by atoms with Crippen molar-refractivity contribution in [2.24, 2.45) is 0 Å². The molecule has 2 rings (SSSR count). The number of nitrogen functional groups attached to an aromatic ring is 1. The first kappa shape index (κ1) is 15.0. The standard InChI is InChI=1S/C15H22N2O2S/c1-4-19-14(18)11-6-5-7-12(16)13(11)17-8-9-20-15(2,3)10-17/h5-7H,4,8-10,16H2,1-3H3. The second-order valence-corrected chi connectivity index (χ2v) is 7.30. The molecule has 0 spiro atoms. The lowest BCUT2D eigenvalue weighted by molar-refractivity contribution is 0.0527. The van der Waals surface area contributed by atoms with Crippen LogP contribution in [0.15, 0.2) is 18.2 Å². The molecule has 0 radical (unpaired) electrons. The number of rotatable bonds is 3. The number of ether oxygens (including phenoxy) is 1. The fraction of sp³-hybridized carbons (Fsp3) is 0.533. The van der Waals surface area contributed by atoms with Crippen LogP contribution >= 0.6 is 11.8 Å². The molecule has 0 bridgehead atoms. The van der Waals surface area contributed by atoms with Gasteiger partial charge in [-0.1, -0.05) is 6.07 Å². The van der Waals surface area contributed by atoms with Crippen molar-refractivity contribution in [3.05, 3.63) is 23.8 Å². The van der Waals surface area contributed by atoms with Crippen LogP contribution in [0.3, 0.4) is 0 Å². The fourth-order valence-electron chi connectivity index (χ4n) is 2.50. The SMILES string of the molecule is CCOC(=O)c1cccc(N)c1N1CCSC(C)(C)C1. The van der Waals surface area contributed by atoms with Crippen LogP contribution in [0.4, 0.5) is 11.4 Å². The van der Waals surface area contributed by atoms with Crippen LogP contribution in [0.25, 0.3) is 0 Å². The van der Waals surface area contributed by atoms with E-state index in [0.717, 1.165) is 24.5 Å². The monoisotopic (exact) mass is 294 g/mol. The van der Waals surface area contributed by atoms with Gasteiger partial charge in [0, 0.05) is 23.6 Å². The van der Waals surface area contributed by atoms with Gasteiger partial charge in [0.2, 0.25) is 0 Å². The van der Waals surface area contributed by atoms with Gasteiger partial charge in [0.15, 0.2) is 0 Å². The molecule has 1 fully saturated rings. The zero-order valence-electron chi connectivity index (χ0n) is 12.3. The molecule has 1 aliphatic heterocycles. The Kier molecular flexibility index (Phi) is 4.48. The maximum absolute atomic E-state index is 12.1. The lowest BCUT2D eigenvalue weighted by atomic mass is 10.1. The van der Waals surface area contributed by atoms with Crippen LogP contribution in [-0.4, -0.2) is 36.2 Å². The van der Waals surface area contributed by atoms with Gasteiger partial charge in [-0.05, 0) is 32.9 Å². The normalized spacial score (nSPS) is 17.9. The van der Waals surface area contributed by atoms with E-state index >= 15 is 0 Å². The Bertz CT molecular complexity index is 503. The van der Waals surface area contributed by atoms with Crippen molar-refractivity contribution in [3.8, 4) is 0 Å². The molecule has 1 saturated heterocycles. The molecule has 4 nitrogen and oxygen atoms in total. The maximum atomic E-state index is 12.1. The number of para-hydroxylation sites is 1. The highest BCUT2D eigenvalue weighted by atomic mass is 32.2. The Labute approximate surface area is 124 Å². The number of nitrogens with zero attached hydrogens (tertiary/aromatic N) is 1. The van der Waals surface area contributed by atoms with E-state index in [9.17, 15) is 4.79 Å². The Morgan fingerprint density at radius 1 is 1.50 bits per heavy atom. The molecule has 0 unspecified atom stereocenters. The number of carbonyl (C=O) groups excluding carboxylic acids is 1. The summed E-state index contributed by atoms with van der Waals surface area (Å²) in [4.78, 5) is 14.3. The van der Waals surface area contributed by atoms with Crippen LogP contribution in [0.1, 0.15) is 31.1 Å². The lowest BCUT2D eigenvalue weighted by Crippen LogP contribution is -2.44. The quantitative estimate of drug-likeness (QED) is 0.686. The molecule has 110 valence electrons. The van der Waals surface area contributed by atoms with Gasteiger partial charge >= 0.3 is 5.97 Å². The second-order valence-electron chi connectivity index (χ2n) is 5.49. The Balaban J connectivity index is 2.37. The number of hydrogen-bond donors (Lipinski definition) is 1. The van der Waals surface area contributed by atoms with Crippen LogP contribution in [-0.2, 0) is 4.74 Å². The molecule has 1 heterocycles. The number of benzene rings is 1. The topological polar surface area (TPSA) is 55.6 Å². The molecule has 20 heavy (non-hydrogen) atoms. The van der Waals surface area contributed by atoms with Gasteiger partial charge < -0.3 is 15.4 Å². The van der Waals surface area contributed by atoms with E-state index in [1.54, 1.807) is 12.1 Å². The summed E-state index contributed by atoms with van der Waals surface area (Å²) in [7, 11) is 0. The summed E-state index contributed by atoms with van der Waals surface area (Å²) in [6.07, 6.45) is 0. The molecule has 0 amide bonds. The summed E-state index contributed by atoms with van der Waals surface area (Å²) >= 11 is 1.95. The van der Waals surface area contributed by atoms with E-state index in [2.05, 4.69) is 18.7 Å². The smallest absolute Gasteiger partial charge is 0.340 e. The molecule has 2 N–H and O–H groups in total. The van der Waals surface area contributed by atoms with Gasteiger partial charge in [-0.15, -0.1) is 0 Å². The molecule has 1 aromatic rings. The van der Waals surface area contributed by atoms with Gasteiger partial charge in [0.25, 0.3) is 0 Å². The van der Waals surface area contributed by atoms with Crippen LogP contribution < -0.4 is 10.6 Å². The Morgan fingerprint density at radius 3 is 2.90 bits per heavy atom. The van der Waals surface area contributed by atoms with Gasteiger partial charge in [-0.2, -0.15) is 11.8 Å². The first-order valence-corrected chi connectivity index (χ1v) is 7.87. The number of nitrogens with two attached hydrogens (primary N) is 1. The molecular formula is C15H22N2O2S. The molecule has 0 aromatic heterocycles. The van der Waals surface area contributed by atoms with Crippen molar-refractivity contribution in [3.63, 3.8) is 0 Å². The third-order valence-electron chi connectivity index (χ3n) is 3.30. The van der Waals surface area contributed by atoms with Gasteiger partial charge in [0.05, 0.1) is 23.5 Å². The highest BCUT2D eigenvalue weighted by Crippen LogP contribution is 2.36. The number of carbonyl (C=O) groups is 1. The van der Waals surface area contributed by atoms with E-state index in [1.807, 2.05) is 24.8 Å². The summed E-state index contributed by atoms with van der Waals surface area (Å²) in [5.74, 6) is 0.731. The molecular weight excluding hydrogens is 272 g/mol. The van der Waals surface area contributed by atoms with E-state index in [4.69, 9.17) is 10.5 Å². The minimum atomic E-state index is -0.300. The summed E-state index contributed by atoms with van der Waals surface area (Å²) in [6, 6.07) is 5.43. The van der Waals surface area contributed by atoms with Crippen LogP contribution in [0.2, 0.25) is 0 Å². The molecule has 1 aliphatic rings. The molecule has 0 aliphatic carbocycles. The first-order valence-electron chi connectivity index (χ1n) is 6.89. The van der Waals surface area contributed by atoms with E-state index in [-0.39, 0.29) is 10.7 Å². The van der Waals surface area contributed by atoms with Crippen molar-refractivity contribution < 1.29 is 9.53 Å². The van der Waals surface area contributed by atoms with Crippen molar-refractivity contribution in [2.75, 3.05) is 36.1 Å². The van der Waals surface area contributed by atoms with E-state index < -0.39 is 0 Å². The summed E-state index contributed by atoms with van der Waals surface area (Å²) in [5, 5.41) is 0. The van der Waals surface area contributed by atoms with E-state index in [1.165, 1.54) is 0 Å². The van der Waals surface area contributed by atoms with Crippen molar-refractivity contribution >= 4 is 29.1 Å². The van der Waals surface area contributed by atoms with Gasteiger partial charge in [0.1, 0.15) is 0 Å². The summed E-state index contributed by atoms with van der Waals surface area (Å²) < 4.78 is 5.30. The number of hydrogen-bond acceptors (Lipinski definition) is 5. The molecule has 0 atom stereocenters. The Morgan fingerprint density at radius 2 is 2.25 bits per heavy atom. The molecule has 5 heteroatoms. The average Bonchev–Trinajstić information content (AvgIpc) is 2.37. The summed E-state index contributed by atoms with van der Waals surface area (Å²) in [6.45, 7) is 8.38. The average molecular weight is 294 g/mol. The largest absolute Gasteiger partial charge is 0.462 e. The Hall–Kier alpha value is -1.36. The number of thioether (sulfide) groups is 1.